The summed E-state index contributed by atoms with van der Waals surface area (Å²) in [6.45, 7) is 2.13. The SMILES string of the molecule is O=C(c1ccc(B(O)O)cc1Cl)N1CCOCC1. The van der Waals surface area contributed by atoms with E-state index in [4.69, 9.17) is 26.4 Å². The third-order valence-corrected chi connectivity index (χ3v) is 3.13. The Balaban J connectivity index is 2.19. The molecule has 96 valence electrons. The van der Waals surface area contributed by atoms with Gasteiger partial charge in [0.25, 0.3) is 5.91 Å². The Bertz CT molecular complexity index is 449. The Morgan fingerprint density at radius 3 is 2.56 bits per heavy atom. The van der Waals surface area contributed by atoms with Crippen LogP contribution in [0.25, 0.3) is 0 Å². The second kappa shape index (κ2) is 5.71. The van der Waals surface area contributed by atoms with Gasteiger partial charge in [0.05, 0.1) is 23.8 Å². The number of hydrogen-bond donors (Lipinski definition) is 2. The summed E-state index contributed by atoms with van der Waals surface area (Å²) in [6.07, 6.45) is 0. The first-order valence-corrected chi connectivity index (χ1v) is 6.00. The summed E-state index contributed by atoms with van der Waals surface area (Å²) in [5, 5.41) is 18.2. The molecule has 1 saturated heterocycles. The molecule has 1 aliphatic rings. The molecule has 1 aromatic carbocycles. The van der Waals surface area contributed by atoms with Crippen LogP contribution in [0.15, 0.2) is 18.2 Å². The minimum absolute atomic E-state index is 0.165. The van der Waals surface area contributed by atoms with Crippen LogP contribution < -0.4 is 5.46 Å². The Morgan fingerprint density at radius 1 is 1.33 bits per heavy atom. The zero-order valence-electron chi connectivity index (χ0n) is 9.67. The van der Waals surface area contributed by atoms with Crippen molar-refractivity contribution in [1.82, 2.24) is 4.90 Å². The highest BCUT2D eigenvalue weighted by molar-refractivity contribution is 6.59. The summed E-state index contributed by atoms with van der Waals surface area (Å²) in [5.41, 5.74) is 0.626. The van der Waals surface area contributed by atoms with Gasteiger partial charge in [-0.1, -0.05) is 17.7 Å². The van der Waals surface area contributed by atoms with Gasteiger partial charge in [-0.15, -0.1) is 0 Å². The van der Waals surface area contributed by atoms with Crippen molar-refractivity contribution in [1.29, 1.82) is 0 Å². The highest BCUT2D eigenvalue weighted by Crippen LogP contribution is 2.17. The molecule has 0 spiro atoms. The van der Waals surface area contributed by atoms with Gasteiger partial charge in [0.15, 0.2) is 0 Å². The van der Waals surface area contributed by atoms with Gasteiger partial charge in [-0.25, -0.2) is 0 Å². The normalized spacial score (nSPS) is 15.6. The van der Waals surface area contributed by atoms with E-state index >= 15 is 0 Å². The number of nitrogens with zero attached hydrogens (tertiary/aromatic N) is 1. The molecule has 7 heteroatoms. The molecule has 1 aromatic rings. The van der Waals surface area contributed by atoms with Gasteiger partial charge >= 0.3 is 7.12 Å². The van der Waals surface area contributed by atoms with Crippen molar-refractivity contribution >= 4 is 30.1 Å². The summed E-state index contributed by atoms with van der Waals surface area (Å²) in [5.74, 6) is -0.165. The van der Waals surface area contributed by atoms with E-state index in [1.807, 2.05) is 0 Å². The monoisotopic (exact) mass is 269 g/mol. The number of rotatable bonds is 2. The fourth-order valence-electron chi connectivity index (χ4n) is 1.80. The van der Waals surface area contributed by atoms with Gasteiger partial charge in [-0.3, -0.25) is 4.79 Å². The number of amides is 1. The first kappa shape index (κ1) is 13.4. The molecule has 18 heavy (non-hydrogen) atoms. The number of hydrogen-bond acceptors (Lipinski definition) is 4. The van der Waals surface area contributed by atoms with Crippen molar-refractivity contribution in [3.8, 4) is 0 Å². The molecule has 1 fully saturated rings. The van der Waals surface area contributed by atoms with Gasteiger partial charge in [0.1, 0.15) is 0 Å². The number of carbonyl (C=O) groups excluding carboxylic acids is 1. The summed E-state index contributed by atoms with van der Waals surface area (Å²) in [7, 11) is -1.59. The lowest BCUT2D eigenvalue weighted by atomic mass is 9.80. The summed E-state index contributed by atoms with van der Waals surface area (Å²) in [4.78, 5) is 13.8. The van der Waals surface area contributed by atoms with Crippen LogP contribution in [0.5, 0.6) is 0 Å². The van der Waals surface area contributed by atoms with Crippen molar-refractivity contribution < 1.29 is 19.6 Å². The molecule has 1 aliphatic heterocycles. The number of carbonyl (C=O) groups is 1. The van der Waals surface area contributed by atoms with Crippen molar-refractivity contribution in [3.63, 3.8) is 0 Å². The zero-order valence-corrected chi connectivity index (χ0v) is 10.4. The molecule has 0 aromatic heterocycles. The van der Waals surface area contributed by atoms with E-state index in [1.54, 1.807) is 4.90 Å². The molecule has 0 unspecified atom stereocenters. The minimum Gasteiger partial charge on any atom is -0.423 e. The number of benzene rings is 1. The average Bonchev–Trinajstić information content (AvgIpc) is 2.38. The van der Waals surface area contributed by atoms with Crippen molar-refractivity contribution in [2.75, 3.05) is 26.3 Å². The highest BCUT2D eigenvalue weighted by atomic mass is 35.5. The van der Waals surface area contributed by atoms with Crippen LogP contribution in [-0.4, -0.2) is 54.3 Å². The standard InChI is InChI=1S/C11H13BClNO4/c13-10-7-8(12(16)17)1-2-9(10)11(15)14-3-5-18-6-4-14/h1-2,7,16-17H,3-6H2. The van der Waals surface area contributed by atoms with Gasteiger partial charge in [-0.05, 0) is 17.6 Å². The van der Waals surface area contributed by atoms with Crippen LogP contribution in [0, 0.1) is 0 Å². The third kappa shape index (κ3) is 2.84. The average molecular weight is 269 g/mol. The quantitative estimate of drug-likeness (QED) is 0.710. The van der Waals surface area contributed by atoms with Gasteiger partial charge < -0.3 is 19.7 Å². The van der Waals surface area contributed by atoms with E-state index in [-0.39, 0.29) is 16.4 Å². The third-order valence-electron chi connectivity index (χ3n) is 2.82. The lowest BCUT2D eigenvalue weighted by Crippen LogP contribution is -2.41. The topological polar surface area (TPSA) is 70.0 Å². The first-order valence-electron chi connectivity index (χ1n) is 5.62. The number of halogens is 1. The van der Waals surface area contributed by atoms with Crippen molar-refractivity contribution in [2.45, 2.75) is 0 Å². The highest BCUT2D eigenvalue weighted by Gasteiger charge is 2.22. The van der Waals surface area contributed by atoms with Crippen molar-refractivity contribution in [2.24, 2.45) is 0 Å². The Labute approximate surface area is 110 Å². The lowest BCUT2D eigenvalue weighted by Gasteiger charge is -2.27. The molecule has 1 heterocycles. The predicted molar refractivity (Wildman–Crippen MR) is 68.0 cm³/mol. The van der Waals surface area contributed by atoms with Gasteiger partial charge in [0, 0.05) is 13.1 Å². The Morgan fingerprint density at radius 2 is 2.00 bits per heavy atom. The van der Waals surface area contributed by atoms with E-state index in [0.717, 1.165) is 0 Å². The Hall–Kier alpha value is -1.08. The minimum atomic E-state index is -1.59. The van der Waals surface area contributed by atoms with E-state index in [1.165, 1.54) is 18.2 Å². The van der Waals surface area contributed by atoms with Crippen LogP contribution in [0.2, 0.25) is 5.02 Å². The summed E-state index contributed by atoms with van der Waals surface area (Å²) in [6, 6.07) is 4.37. The molecular weight excluding hydrogens is 256 g/mol. The van der Waals surface area contributed by atoms with Crippen LogP contribution in [0.4, 0.5) is 0 Å². The second-order valence-electron chi connectivity index (χ2n) is 4.02. The molecule has 1 amide bonds. The molecule has 5 nitrogen and oxygen atoms in total. The molecule has 0 bridgehead atoms. The van der Waals surface area contributed by atoms with Crippen molar-refractivity contribution in [3.05, 3.63) is 28.8 Å². The van der Waals surface area contributed by atoms with Crippen LogP contribution in [0.3, 0.4) is 0 Å². The van der Waals surface area contributed by atoms with E-state index in [0.29, 0.717) is 31.9 Å². The zero-order chi connectivity index (χ0) is 13.1. The van der Waals surface area contributed by atoms with E-state index in [2.05, 4.69) is 0 Å². The number of morpholine rings is 1. The smallest absolute Gasteiger partial charge is 0.423 e. The maximum atomic E-state index is 12.2. The second-order valence-corrected chi connectivity index (χ2v) is 4.42. The fourth-order valence-corrected chi connectivity index (χ4v) is 2.07. The van der Waals surface area contributed by atoms with Crippen LogP contribution >= 0.6 is 11.6 Å². The summed E-state index contributed by atoms with van der Waals surface area (Å²) < 4.78 is 5.17. The fraction of sp³-hybridized carbons (Fsp3) is 0.364. The molecule has 2 N–H and O–H groups in total. The maximum absolute atomic E-state index is 12.2. The maximum Gasteiger partial charge on any atom is 0.488 e. The molecule has 0 aliphatic carbocycles. The Kier molecular flexibility index (Phi) is 4.24. The molecule has 0 radical (unpaired) electrons. The van der Waals surface area contributed by atoms with Gasteiger partial charge in [-0.2, -0.15) is 0 Å². The van der Waals surface area contributed by atoms with Gasteiger partial charge in [0.2, 0.25) is 0 Å². The lowest BCUT2D eigenvalue weighted by molar-refractivity contribution is 0.0303. The van der Waals surface area contributed by atoms with E-state index < -0.39 is 7.12 Å². The molecule has 2 rings (SSSR count). The van der Waals surface area contributed by atoms with E-state index in [9.17, 15) is 4.79 Å². The largest absolute Gasteiger partial charge is 0.488 e. The molecule has 0 saturated carbocycles. The molecule has 0 atom stereocenters. The molecular formula is C11H13BClNO4. The van der Waals surface area contributed by atoms with Crippen LogP contribution in [0.1, 0.15) is 10.4 Å². The number of ether oxygens (including phenoxy) is 1. The first-order chi connectivity index (χ1) is 8.59. The van der Waals surface area contributed by atoms with Crippen LogP contribution in [-0.2, 0) is 4.74 Å². The summed E-state index contributed by atoms with van der Waals surface area (Å²) >= 11 is 5.99. The predicted octanol–water partition coefficient (Wildman–Crippen LogP) is -0.508.